The van der Waals surface area contributed by atoms with Gasteiger partial charge in [-0.2, -0.15) is 0 Å². The highest BCUT2D eigenvalue weighted by Crippen LogP contribution is 2.21. The molecule has 0 saturated heterocycles. The lowest BCUT2D eigenvalue weighted by molar-refractivity contribution is 0.300. The van der Waals surface area contributed by atoms with Gasteiger partial charge in [0.25, 0.3) is 0 Å². The van der Waals surface area contributed by atoms with E-state index in [0.29, 0.717) is 18.4 Å². The Kier molecular flexibility index (Phi) is 4.78. The first kappa shape index (κ1) is 12.2. The largest absolute Gasteiger partial charge is 0.493 e. The summed E-state index contributed by atoms with van der Waals surface area (Å²) in [6.45, 7) is 11.5. The summed E-state index contributed by atoms with van der Waals surface area (Å²) in [5.74, 6) is 0.714. The van der Waals surface area contributed by atoms with Crippen molar-refractivity contribution >= 4 is 17.1 Å². The van der Waals surface area contributed by atoms with Gasteiger partial charge in [0.15, 0.2) is 0 Å². The van der Waals surface area contributed by atoms with E-state index in [9.17, 15) is 0 Å². The highest BCUT2D eigenvalue weighted by atomic mass is 32.1. The average Bonchev–Trinajstić information content (AvgIpc) is 2.63. The molecule has 0 radical (unpaired) electrons. The van der Waals surface area contributed by atoms with Crippen molar-refractivity contribution in [2.45, 2.75) is 33.4 Å². The van der Waals surface area contributed by atoms with Crippen molar-refractivity contribution < 1.29 is 4.74 Å². The number of rotatable bonds is 6. The van der Waals surface area contributed by atoms with Crippen LogP contribution in [0.3, 0.4) is 0 Å². The van der Waals surface area contributed by atoms with E-state index in [1.165, 1.54) is 0 Å². The second-order valence-electron chi connectivity index (χ2n) is 3.51. The average molecular weight is 226 g/mol. The van der Waals surface area contributed by atoms with E-state index in [0.717, 1.165) is 16.4 Å². The number of nitrogens with zero attached hydrogens (tertiary/aromatic N) is 1. The first-order valence-electron chi connectivity index (χ1n) is 5.13. The molecule has 84 valence electrons. The number of thiazole rings is 1. The van der Waals surface area contributed by atoms with E-state index < -0.39 is 0 Å². The molecule has 0 aliphatic carbocycles. The van der Waals surface area contributed by atoms with E-state index in [1.54, 1.807) is 11.3 Å². The molecule has 0 atom stereocenters. The van der Waals surface area contributed by atoms with E-state index in [-0.39, 0.29) is 0 Å². The first-order valence-corrected chi connectivity index (χ1v) is 5.95. The molecule has 0 bridgehead atoms. The third kappa shape index (κ3) is 4.01. The lowest BCUT2D eigenvalue weighted by Gasteiger charge is -2.04. The zero-order valence-corrected chi connectivity index (χ0v) is 10.4. The monoisotopic (exact) mass is 226 g/mol. The van der Waals surface area contributed by atoms with E-state index in [2.05, 4.69) is 30.7 Å². The number of nitrogens with one attached hydrogen (secondary N) is 1. The fourth-order valence-corrected chi connectivity index (χ4v) is 1.85. The van der Waals surface area contributed by atoms with Gasteiger partial charge in [0.1, 0.15) is 10.8 Å². The van der Waals surface area contributed by atoms with Crippen molar-refractivity contribution in [2.24, 2.45) is 0 Å². The van der Waals surface area contributed by atoms with Crippen LogP contribution < -0.4 is 5.32 Å². The lowest BCUT2D eigenvalue weighted by atomic mass is 10.4. The molecule has 1 aromatic heterocycles. The topological polar surface area (TPSA) is 34.1 Å². The van der Waals surface area contributed by atoms with Crippen molar-refractivity contribution in [1.82, 2.24) is 10.3 Å². The van der Waals surface area contributed by atoms with Crippen LogP contribution in [0.4, 0.5) is 0 Å². The molecule has 1 rings (SSSR count). The molecule has 0 aromatic carbocycles. The van der Waals surface area contributed by atoms with Gasteiger partial charge in [-0.3, -0.25) is 0 Å². The fourth-order valence-electron chi connectivity index (χ4n) is 1.06. The van der Waals surface area contributed by atoms with E-state index in [4.69, 9.17) is 4.74 Å². The molecule has 0 spiro atoms. The molecule has 1 heterocycles. The quantitative estimate of drug-likeness (QED) is 0.757. The van der Waals surface area contributed by atoms with Crippen LogP contribution in [-0.4, -0.2) is 17.6 Å². The first-order chi connectivity index (χ1) is 7.13. The van der Waals surface area contributed by atoms with Gasteiger partial charge in [-0.25, -0.2) is 4.98 Å². The Bertz CT molecular complexity index is 320. The van der Waals surface area contributed by atoms with Gasteiger partial charge >= 0.3 is 0 Å². The third-order valence-electron chi connectivity index (χ3n) is 1.81. The Morgan fingerprint density at radius 2 is 2.40 bits per heavy atom. The molecule has 0 fully saturated rings. The minimum absolute atomic E-state index is 0.479. The molecule has 1 N–H and O–H groups in total. The molecular formula is C11H18N2OS. The maximum atomic E-state index is 5.32. The molecule has 1 aromatic rings. The lowest BCUT2D eigenvalue weighted by Crippen LogP contribution is -2.21. The van der Waals surface area contributed by atoms with Gasteiger partial charge in [-0.1, -0.05) is 20.4 Å². The van der Waals surface area contributed by atoms with Gasteiger partial charge in [0.05, 0.1) is 11.5 Å². The second-order valence-corrected chi connectivity index (χ2v) is 4.63. The van der Waals surface area contributed by atoms with Crippen molar-refractivity contribution in [3.63, 3.8) is 0 Å². The summed E-state index contributed by atoms with van der Waals surface area (Å²) >= 11 is 1.62. The Balaban J connectivity index is 2.52. The van der Waals surface area contributed by atoms with Crippen molar-refractivity contribution in [2.75, 3.05) is 6.61 Å². The predicted molar refractivity (Wildman–Crippen MR) is 64.7 cm³/mol. The minimum Gasteiger partial charge on any atom is -0.493 e. The normalized spacial score (nSPS) is 10.7. The molecule has 0 aliphatic heterocycles. The SMILES string of the molecule is C=C(OCC)c1cnc(CNC(C)C)s1. The van der Waals surface area contributed by atoms with Gasteiger partial charge in [0.2, 0.25) is 0 Å². The summed E-state index contributed by atoms with van der Waals surface area (Å²) in [5.41, 5.74) is 0. The highest BCUT2D eigenvalue weighted by Gasteiger charge is 2.06. The number of hydrogen-bond donors (Lipinski definition) is 1. The summed E-state index contributed by atoms with van der Waals surface area (Å²) in [4.78, 5) is 5.32. The molecule has 0 saturated carbocycles. The fraction of sp³-hybridized carbons (Fsp3) is 0.545. The zero-order chi connectivity index (χ0) is 11.3. The van der Waals surface area contributed by atoms with Crippen LogP contribution in [0.5, 0.6) is 0 Å². The van der Waals surface area contributed by atoms with Crippen LogP contribution in [0.15, 0.2) is 12.8 Å². The zero-order valence-electron chi connectivity index (χ0n) is 9.54. The van der Waals surface area contributed by atoms with Crippen LogP contribution >= 0.6 is 11.3 Å². The van der Waals surface area contributed by atoms with Gasteiger partial charge in [0, 0.05) is 18.8 Å². The Hall–Kier alpha value is -0.870. The van der Waals surface area contributed by atoms with Crippen LogP contribution in [-0.2, 0) is 11.3 Å². The standard InChI is InChI=1S/C11H18N2OS/c1-5-14-9(4)10-6-13-11(15-10)7-12-8(2)3/h6,8,12H,4-5,7H2,1-3H3. The Morgan fingerprint density at radius 3 is 3.00 bits per heavy atom. The summed E-state index contributed by atoms with van der Waals surface area (Å²) < 4.78 is 5.32. The maximum absolute atomic E-state index is 5.32. The third-order valence-corrected chi connectivity index (χ3v) is 2.85. The Morgan fingerprint density at radius 1 is 1.67 bits per heavy atom. The predicted octanol–water partition coefficient (Wildman–Crippen LogP) is 2.65. The summed E-state index contributed by atoms with van der Waals surface area (Å²) in [5, 5.41) is 4.39. The van der Waals surface area contributed by atoms with Crippen LogP contribution in [0.2, 0.25) is 0 Å². The van der Waals surface area contributed by atoms with Gasteiger partial charge < -0.3 is 10.1 Å². The van der Waals surface area contributed by atoms with Gasteiger partial charge in [-0.05, 0) is 6.92 Å². The number of ether oxygens (including phenoxy) is 1. The molecule has 3 nitrogen and oxygen atoms in total. The van der Waals surface area contributed by atoms with Crippen LogP contribution in [0.25, 0.3) is 5.76 Å². The second kappa shape index (κ2) is 5.88. The maximum Gasteiger partial charge on any atom is 0.130 e. The van der Waals surface area contributed by atoms with E-state index in [1.807, 2.05) is 13.1 Å². The molecule has 0 aliphatic rings. The van der Waals surface area contributed by atoms with Crippen LogP contribution in [0.1, 0.15) is 30.7 Å². The van der Waals surface area contributed by atoms with Crippen molar-refractivity contribution in [3.05, 3.63) is 22.7 Å². The summed E-state index contributed by atoms with van der Waals surface area (Å²) in [6, 6.07) is 0.479. The summed E-state index contributed by atoms with van der Waals surface area (Å²) in [7, 11) is 0. The van der Waals surface area contributed by atoms with Crippen molar-refractivity contribution in [3.8, 4) is 0 Å². The number of hydrogen-bond acceptors (Lipinski definition) is 4. The molecule has 4 heteroatoms. The smallest absolute Gasteiger partial charge is 0.130 e. The van der Waals surface area contributed by atoms with E-state index >= 15 is 0 Å². The van der Waals surface area contributed by atoms with Crippen molar-refractivity contribution in [1.29, 1.82) is 0 Å². The molecule has 15 heavy (non-hydrogen) atoms. The minimum atomic E-state index is 0.479. The molecule has 0 unspecified atom stereocenters. The Labute approximate surface area is 95.2 Å². The summed E-state index contributed by atoms with van der Waals surface area (Å²) in [6.07, 6.45) is 1.82. The van der Waals surface area contributed by atoms with Gasteiger partial charge in [-0.15, -0.1) is 11.3 Å². The number of aromatic nitrogens is 1. The highest BCUT2D eigenvalue weighted by molar-refractivity contribution is 7.12. The molecule has 0 amide bonds. The molecular weight excluding hydrogens is 208 g/mol. The van der Waals surface area contributed by atoms with Crippen LogP contribution in [0, 0.1) is 0 Å².